The normalized spacial score (nSPS) is 13.0. The monoisotopic (exact) mass is 347 g/mol. The molecule has 0 saturated heterocycles. The smallest absolute Gasteiger partial charge is 0.257 e. The third-order valence-electron chi connectivity index (χ3n) is 3.22. The van der Waals surface area contributed by atoms with E-state index in [0.717, 1.165) is 12.8 Å². The highest BCUT2D eigenvalue weighted by Crippen LogP contribution is 2.29. The van der Waals surface area contributed by atoms with Crippen LogP contribution in [0.3, 0.4) is 0 Å². The summed E-state index contributed by atoms with van der Waals surface area (Å²) in [5.41, 5.74) is 6.29. The molecule has 2 rings (SSSR count). The Morgan fingerprint density at radius 3 is 2.64 bits per heavy atom. The van der Waals surface area contributed by atoms with Gasteiger partial charge in [-0.3, -0.25) is 9.59 Å². The van der Waals surface area contributed by atoms with Crippen LogP contribution in [0.2, 0.25) is 5.02 Å². The fourth-order valence-corrected chi connectivity index (χ4v) is 2.06. The van der Waals surface area contributed by atoms with E-state index in [1.54, 1.807) is 7.05 Å². The molecule has 3 N–H and O–H groups in total. The summed E-state index contributed by atoms with van der Waals surface area (Å²) in [4.78, 5) is 25.4. The Hall–Kier alpha value is -1.66. The van der Waals surface area contributed by atoms with Gasteiger partial charge in [0, 0.05) is 19.2 Å². The summed E-state index contributed by atoms with van der Waals surface area (Å²) in [6.45, 7) is -0.0134. The highest BCUT2D eigenvalue weighted by molar-refractivity contribution is 6.33. The highest BCUT2D eigenvalue weighted by Gasteiger charge is 2.25. The molecule has 2 amide bonds. The zero-order valence-electron chi connectivity index (χ0n) is 12.4. The number of amides is 2. The van der Waals surface area contributed by atoms with Crippen molar-refractivity contribution in [1.29, 1.82) is 0 Å². The number of nitrogens with one attached hydrogen (secondary N) is 1. The van der Waals surface area contributed by atoms with Crippen LogP contribution in [0, 0.1) is 0 Å². The molecule has 8 heteroatoms. The van der Waals surface area contributed by atoms with Crippen LogP contribution in [-0.2, 0) is 4.79 Å². The minimum Gasteiger partial charge on any atom is -0.496 e. The second-order valence-corrected chi connectivity index (χ2v) is 5.48. The van der Waals surface area contributed by atoms with Gasteiger partial charge in [-0.05, 0) is 18.9 Å². The molecular formula is C14H19Cl2N3O3. The molecule has 1 aromatic rings. The average molecular weight is 348 g/mol. The quantitative estimate of drug-likeness (QED) is 0.794. The lowest BCUT2D eigenvalue weighted by Crippen LogP contribution is -2.39. The molecule has 122 valence electrons. The Morgan fingerprint density at radius 2 is 2.09 bits per heavy atom. The molecule has 1 aliphatic carbocycles. The molecule has 1 aromatic carbocycles. The molecule has 0 aromatic heterocycles. The molecule has 1 saturated carbocycles. The van der Waals surface area contributed by atoms with Gasteiger partial charge in [-0.1, -0.05) is 11.6 Å². The number of benzene rings is 1. The first-order valence-corrected chi connectivity index (χ1v) is 6.98. The number of ether oxygens (including phenoxy) is 1. The molecule has 1 aliphatic rings. The van der Waals surface area contributed by atoms with E-state index in [2.05, 4.69) is 5.32 Å². The van der Waals surface area contributed by atoms with Crippen molar-refractivity contribution in [2.75, 3.05) is 26.4 Å². The van der Waals surface area contributed by atoms with E-state index in [1.807, 2.05) is 0 Å². The lowest BCUT2D eigenvalue weighted by molar-refractivity contribution is -0.121. The Bertz CT molecular complexity index is 577. The Balaban J connectivity index is 0.00000242. The first-order chi connectivity index (χ1) is 9.92. The Labute approximate surface area is 140 Å². The second kappa shape index (κ2) is 7.56. The first-order valence-electron chi connectivity index (χ1n) is 6.60. The van der Waals surface area contributed by atoms with Gasteiger partial charge in [0.25, 0.3) is 5.91 Å². The average Bonchev–Trinajstić information content (AvgIpc) is 3.24. The van der Waals surface area contributed by atoms with Crippen molar-refractivity contribution in [3.8, 4) is 5.75 Å². The third-order valence-corrected chi connectivity index (χ3v) is 3.55. The molecule has 0 heterocycles. The summed E-state index contributed by atoms with van der Waals surface area (Å²) < 4.78 is 5.15. The van der Waals surface area contributed by atoms with Crippen LogP contribution in [0.15, 0.2) is 12.1 Å². The van der Waals surface area contributed by atoms with Crippen molar-refractivity contribution in [2.24, 2.45) is 0 Å². The second-order valence-electron chi connectivity index (χ2n) is 5.08. The first kappa shape index (κ1) is 18.4. The van der Waals surface area contributed by atoms with Crippen molar-refractivity contribution >= 4 is 41.5 Å². The van der Waals surface area contributed by atoms with E-state index < -0.39 is 0 Å². The van der Waals surface area contributed by atoms with Gasteiger partial charge in [-0.25, -0.2) is 0 Å². The minimum absolute atomic E-state index is 0. The molecule has 0 unspecified atom stereocenters. The number of carbonyl (C=O) groups excluding carboxylic acids is 2. The molecule has 22 heavy (non-hydrogen) atoms. The molecule has 0 bridgehead atoms. The Kier molecular flexibility index (Phi) is 6.32. The summed E-state index contributed by atoms with van der Waals surface area (Å²) in [6.07, 6.45) is 2.01. The maximum absolute atomic E-state index is 12.4. The number of anilines is 1. The largest absolute Gasteiger partial charge is 0.496 e. The van der Waals surface area contributed by atoms with Gasteiger partial charge in [0.05, 0.1) is 29.9 Å². The summed E-state index contributed by atoms with van der Waals surface area (Å²) >= 11 is 5.94. The van der Waals surface area contributed by atoms with Crippen molar-refractivity contribution in [1.82, 2.24) is 10.2 Å². The van der Waals surface area contributed by atoms with Crippen LogP contribution in [-0.4, -0.2) is 43.5 Å². The molecule has 0 radical (unpaired) electrons. The summed E-state index contributed by atoms with van der Waals surface area (Å²) in [6, 6.07) is 3.21. The fraction of sp³-hybridized carbons (Fsp3) is 0.429. The van der Waals surface area contributed by atoms with E-state index >= 15 is 0 Å². The molecule has 0 aliphatic heterocycles. The number of halogens is 2. The van der Waals surface area contributed by atoms with E-state index in [4.69, 9.17) is 22.1 Å². The van der Waals surface area contributed by atoms with Crippen LogP contribution in [0.4, 0.5) is 5.69 Å². The van der Waals surface area contributed by atoms with Crippen molar-refractivity contribution in [2.45, 2.75) is 18.9 Å². The van der Waals surface area contributed by atoms with Crippen LogP contribution in [0.5, 0.6) is 5.75 Å². The fourth-order valence-electron chi connectivity index (χ4n) is 1.90. The molecule has 6 nitrogen and oxygen atoms in total. The lowest BCUT2D eigenvalue weighted by Gasteiger charge is -2.19. The van der Waals surface area contributed by atoms with Gasteiger partial charge in [0.15, 0.2) is 0 Å². The molecule has 1 fully saturated rings. The van der Waals surface area contributed by atoms with Gasteiger partial charge < -0.3 is 20.7 Å². The zero-order chi connectivity index (χ0) is 15.6. The van der Waals surface area contributed by atoms with Gasteiger partial charge in [0.1, 0.15) is 5.75 Å². The molecular weight excluding hydrogens is 329 g/mol. The number of nitrogens with two attached hydrogens (primary N) is 1. The van der Waals surface area contributed by atoms with Gasteiger partial charge in [-0.15, -0.1) is 12.4 Å². The number of methoxy groups -OCH3 is 1. The molecule has 0 spiro atoms. The third kappa shape index (κ3) is 4.42. The predicted octanol–water partition coefficient (Wildman–Crippen LogP) is 1.70. The maximum Gasteiger partial charge on any atom is 0.257 e. The maximum atomic E-state index is 12.4. The number of hydrogen-bond acceptors (Lipinski definition) is 4. The summed E-state index contributed by atoms with van der Waals surface area (Å²) in [5, 5.41) is 3.10. The van der Waals surface area contributed by atoms with E-state index in [-0.39, 0.29) is 47.4 Å². The number of rotatable bonds is 5. The number of nitrogens with zero attached hydrogens (tertiary/aromatic N) is 1. The van der Waals surface area contributed by atoms with Crippen LogP contribution in [0.25, 0.3) is 0 Å². The Morgan fingerprint density at radius 1 is 1.45 bits per heavy atom. The number of hydrogen-bond donors (Lipinski definition) is 2. The minimum atomic E-state index is -0.348. The van der Waals surface area contributed by atoms with Gasteiger partial charge in [0.2, 0.25) is 5.91 Å². The van der Waals surface area contributed by atoms with E-state index in [9.17, 15) is 9.59 Å². The van der Waals surface area contributed by atoms with E-state index in [1.165, 1.54) is 24.1 Å². The van der Waals surface area contributed by atoms with Crippen molar-refractivity contribution in [3.05, 3.63) is 22.7 Å². The topological polar surface area (TPSA) is 84.7 Å². The van der Waals surface area contributed by atoms with Gasteiger partial charge in [-0.2, -0.15) is 0 Å². The number of likely N-dealkylation sites (N-methyl/N-ethyl adjacent to an activating group) is 1. The molecule has 0 atom stereocenters. The summed E-state index contributed by atoms with van der Waals surface area (Å²) in [5.74, 6) is -0.190. The van der Waals surface area contributed by atoms with Gasteiger partial charge >= 0.3 is 0 Å². The number of carbonyl (C=O) groups is 2. The standard InChI is InChI=1S/C14H18ClN3O3.ClH/c1-18(7-13(19)17-8-3-4-8)14(20)9-5-10(15)11(16)6-12(9)21-2;/h5-6,8H,3-4,7,16H2,1-2H3,(H,17,19);1H. The SMILES string of the molecule is COc1cc(N)c(Cl)cc1C(=O)N(C)CC(=O)NC1CC1.Cl. The van der Waals surface area contributed by atoms with Crippen LogP contribution in [0.1, 0.15) is 23.2 Å². The van der Waals surface area contributed by atoms with Crippen LogP contribution < -0.4 is 15.8 Å². The zero-order valence-corrected chi connectivity index (χ0v) is 14.0. The van der Waals surface area contributed by atoms with Crippen molar-refractivity contribution in [3.63, 3.8) is 0 Å². The highest BCUT2D eigenvalue weighted by atomic mass is 35.5. The predicted molar refractivity (Wildman–Crippen MR) is 87.8 cm³/mol. The number of nitrogen functional groups attached to an aromatic ring is 1. The van der Waals surface area contributed by atoms with Crippen LogP contribution >= 0.6 is 24.0 Å². The summed E-state index contributed by atoms with van der Waals surface area (Å²) in [7, 11) is 3.00. The lowest BCUT2D eigenvalue weighted by atomic mass is 10.1. The van der Waals surface area contributed by atoms with E-state index in [0.29, 0.717) is 11.4 Å². The van der Waals surface area contributed by atoms with Crippen molar-refractivity contribution < 1.29 is 14.3 Å².